The molecule has 4 heteroatoms. The quantitative estimate of drug-likeness (QED) is 0.645. The highest BCUT2D eigenvalue weighted by molar-refractivity contribution is 7.07. The Hall–Kier alpha value is -1.23. The highest BCUT2D eigenvalue weighted by Crippen LogP contribution is 2.40. The summed E-state index contributed by atoms with van der Waals surface area (Å²) >= 11 is 1.71. The summed E-state index contributed by atoms with van der Waals surface area (Å²) in [6.07, 6.45) is 4.10. The molecule has 2 unspecified atom stereocenters. The first kappa shape index (κ1) is 10.9. The monoisotopic (exact) mass is 245 g/mol. The third-order valence-electron chi connectivity index (χ3n) is 3.49. The second-order valence-corrected chi connectivity index (χ2v) is 5.17. The van der Waals surface area contributed by atoms with Crippen LogP contribution in [-0.4, -0.2) is 4.98 Å². The van der Waals surface area contributed by atoms with Gasteiger partial charge in [0.15, 0.2) is 0 Å². The van der Waals surface area contributed by atoms with E-state index in [1.54, 1.807) is 11.3 Å². The highest BCUT2D eigenvalue weighted by Gasteiger charge is 2.31. The molecule has 3 N–H and O–H groups in total. The van der Waals surface area contributed by atoms with Gasteiger partial charge in [0.1, 0.15) is 0 Å². The van der Waals surface area contributed by atoms with E-state index in [-0.39, 0.29) is 6.04 Å². The van der Waals surface area contributed by atoms with Crippen molar-refractivity contribution in [2.75, 3.05) is 0 Å². The molecule has 1 aliphatic rings. The lowest BCUT2D eigenvalue weighted by atomic mass is 9.93. The van der Waals surface area contributed by atoms with E-state index >= 15 is 0 Å². The van der Waals surface area contributed by atoms with Crippen molar-refractivity contribution in [2.45, 2.75) is 24.8 Å². The van der Waals surface area contributed by atoms with Crippen molar-refractivity contribution in [3.05, 3.63) is 52.0 Å². The molecule has 0 amide bonds. The van der Waals surface area contributed by atoms with Crippen molar-refractivity contribution < 1.29 is 0 Å². The van der Waals surface area contributed by atoms with Crippen molar-refractivity contribution in [1.29, 1.82) is 0 Å². The van der Waals surface area contributed by atoms with Gasteiger partial charge in [0.05, 0.1) is 6.04 Å². The Bertz CT molecular complexity index is 495. The van der Waals surface area contributed by atoms with Gasteiger partial charge in [-0.1, -0.05) is 6.07 Å². The van der Waals surface area contributed by atoms with Crippen LogP contribution in [0.25, 0.3) is 0 Å². The standard InChI is InChI=1S/C13H15N3S/c14-16-13(10-5-7-17-8-10)11-4-3-9-2-1-6-15-12(9)11/h1-2,5-8,11,13,16H,3-4,14H2. The molecular weight excluding hydrogens is 230 g/mol. The van der Waals surface area contributed by atoms with Gasteiger partial charge in [-0.15, -0.1) is 0 Å². The minimum Gasteiger partial charge on any atom is -0.271 e. The SMILES string of the molecule is NNC(c1ccsc1)C1CCc2cccnc21. The van der Waals surface area contributed by atoms with Crippen LogP contribution >= 0.6 is 11.3 Å². The molecule has 1 aliphatic carbocycles. The van der Waals surface area contributed by atoms with E-state index in [9.17, 15) is 0 Å². The number of rotatable bonds is 3. The number of pyridine rings is 1. The van der Waals surface area contributed by atoms with Crippen LogP contribution in [0.2, 0.25) is 0 Å². The number of nitrogens with two attached hydrogens (primary N) is 1. The van der Waals surface area contributed by atoms with Crippen LogP contribution < -0.4 is 11.3 Å². The first-order valence-corrected chi connectivity index (χ1v) is 6.76. The van der Waals surface area contributed by atoms with Crippen molar-refractivity contribution in [1.82, 2.24) is 10.4 Å². The molecule has 0 saturated carbocycles. The number of hydrogen-bond acceptors (Lipinski definition) is 4. The zero-order valence-corrected chi connectivity index (χ0v) is 10.3. The van der Waals surface area contributed by atoms with Crippen LogP contribution in [0.1, 0.15) is 35.2 Å². The Morgan fingerprint density at radius 3 is 3.18 bits per heavy atom. The Kier molecular flexibility index (Phi) is 2.93. The van der Waals surface area contributed by atoms with Gasteiger partial charge in [0.2, 0.25) is 0 Å². The first-order chi connectivity index (χ1) is 8.40. The van der Waals surface area contributed by atoms with Gasteiger partial charge in [-0.25, -0.2) is 0 Å². The fourth-order valence-corrected chi connectivity index (χ4v) is 3.36. The molecule has 0 aliphatic heterocycles. The Labute approximate surface area is 105 Å². The molecule has 0 spiro atoms. The second kappa shape index (κ2) is 4.56. The summed E-state index contributed by atoms with van der Waals surface area (Å²) in [7, 11) is 0. The fraction of sp³-hybridized carbons (Fsp3) is 0.308. The smallest absolute Gasteiger partial charge is 0.0552 e. The van der Waals surface area contributed by atoms with E-state index in [0.717, 1.165) is 12.8 Å². The summed E-state index contributed by atoms with van der Waals surface area (Å²) in [5, 5.41) is 4.25. The van der Waals surface area contributed by atoms with E-state index in [1.807, 2.05) is 12.3 Å². The predicted octanol–water partition coefficient (Wildman–Crippen LogP) is 2.38. The summed E-state index contributed by atoms with van der Waals surface area (Å²) in [6.45, 7) is 0. The Morgan fingerprint density at radius 2 is 2.41 bits per heavy atom. The molecule has 3 nitrogen and oxygen atoms in total. The summed E-state index contributed by atoms with van der Waals surface area (Å²) in [6, 6.07) is 6.49. The molecule has 2 aromatic heterocycles. The first-order valence-electron chi connectivity index (χ1n) is 5.82. The summed E-state index contributed by atoms with van der Waals surface area (Å²) in [5.41, 5.74) is 6.80. The third kappa shape index (κ3) is 1.88. The van der Waals surface area contributed by atoms with Crippen molar-refractivity contribution in [2.24, 2.45) is 5.84 Å². The number of aryl methyl sites for hydroxylation is 1. The van der Waals surface area contributed by atoms with Crippen molar-refractivity contribution >= 4 is 11.3 Å². The van der Waals surface area contributed by atoms with Crippen molar-refractivity contribution in [3.63, 3.8) is 0 Å². The number of hydrazine groups is 1. The maximum absolute atomic E-state index is 5.73. The molecule has 0 aromatic carbocycles. The van der Waals surface area contributed by atoms with Crippen molar-refractivity contribution in [3.8, 4) is 0 Å². The topological polar surface area (TPSA) is 50.9 Å². The zero-order valence-electron chi connectivity index (χ0n) is 9.47. The largest absolute Gasteiger partial charge is 0.271 e. The summed E-state index contributed by atoms with van der Waals surface area (Å²) in [4.78, 5) is 4.53. The number of hydrogen-bond donors (Lipinski definition) is 2. The van der Waals surface area contributed by atoms with Crippen LogP contribution in [0.3, 0.4) is 0 Å². The number of fused-ring (bicyclic) bond motifs is 1. The van der Waals surface area contributed by atoms with Crippen LogP contribution in [0.4, 0.5) is 0 Å². The van der Waals surface area contributed by atoms with E-state index in [1.165, 1.54) is 16.8 Å². The molecule has 88 valence electrons. The van der Waals surface area contributed by atoms with Gasteiger partial charge in [0.25, 0.3) is 0 Å². The van der Waals surface area contributed by atoms with E-state index in [4.69, 9.17) is 5.84 Å². The molecular formula is C13H15N3S. The maximum atomic E-state index is 5.73. The molecule has 2 aromatic rings. The van der Waals surface area contributed by atoms with Gasteiger partial charge in [-0.2, -0.15) is 11.3 Å². The lowest BCUT2D eigenvalue weighted by Crippen LogP contribution is -2.31. The van der Waals surface area contributed by atoms with E-state index < -0.39 is 0 Å². The van der Waals surface area contributed by atoms with Gasteiger partial charge in [-0.05, 0) is 46.9 Å². The average molecular weight is 245 g/mol. The number of nitrogens with one attached hydrogen (secondary N) is 1. The maximum Gasteiger partial charge on any atom is 0.0552 e. The van der Waals surface area contributed by atoms with E-state index in [2.05, 4.69) is 33.3 Å². The fourth-order valence-electron chi connectivity index (χ4n) is 2.66. The third-order valence-corrected chi connectivity index (χ3v) is 4.19. The number of aromatic nitrogens is 1. The molecule has 0 fully saturated rings. The second-order valence-electron chi connectivity index (χ2n) is 4.39. The lowest BCUT2D eigenvalue weighted by molar-refractivity contribution is 0.448. The predicted molar refractivity (Wildman–Crippen MR) is 69.7 cm³/mol. The van der Waals surface area contributed by atoms with Crippen LogP contribution in [0.5, 0.6) is 0 Å². The highest BCUT2D eigenvalue weighted by atomic mass is 32.1. The molecule has 2 atom stereocenters. The number of nitrogens with zero attached hydrogens (tertiary/aromatic N) is 1. The van der Waals surface area contributed by atoms with Gasteiger partial charge < -0.3 is 0 Å². The molecule has 2 heterocycles. The van der Waals surface area contributed by atoms with Crippen LogP contribution in [0.15, 0.2) is 35.2 Å². The van der Waals surface area contributed by atoms with Gasteiger partial charge in [0, 0.05) is 17.8 Å². The zero-order chi connectivity index (χ0) is 11.7. The van der Waals surface area contributed by atoms with Crippen LogP contribution in [0, 0.1) is 0 Å². The minimum absolute atomic E-state index is 0.178. The van der Waals surface area contributed by atoms with Crippen LogP contribution in [-0.2, 0) is 6.42 Å². The normalized spacial score (nSPS) is 20.2. The summed E-state index contributed by atoms with van der Waals surface area (Å²) < 4.78 is 0. The van der Waals surface area contributed by atoms with Gasteiger partial charge >= 0.3 is 0 Å². The lowest BCUT2D eigenvalue weighted by Gasteiger charge is -2.22. The summed E-state index contributed by atoms with van der Waals surface area (Å²) in [5.74, 6) is 6.12. The average Bonchev–Trinajstić information content (AvgIpc) is 3.01. The molecule has 17 heavy (non-hydrogen) atoms. The molecule has 0 saturated heterocycles. The Morgan fingerprint density at radius 1 is 1.47 bits per heavy atom. The number of thiophene rings is 1. The van der Waals surface area contributed by atoms with Gasteiger partial charge in [-0.3, -0.25) is 16.3 Å². The minimum atomic E-state index is 0.178. The molecule has 3 rings (SSSR count). The molecule has 0 bridgehead atoms. The molecule has 0 radical (unpaired) electrons. The van der Waals surface area contributed by atoms with E-state index in [0.29, 0.717) is 5.92 Å². The Balaban J connectivity index is 1.95.